The molecular weight excluding hydrogens is 875 g/mol. The first-order valence-electron chi connectivity index (χ1n) is 31.8. The van der Waals surface area contributed by atoms with E-state index in [0.29, 0.717) is 19.4 Å². The van der Waals surface area contributed by atoms with Crippen LogP contribution in [0.2, 0.25) is 0 Å². The van der Waals surface area contributed by atoms with Crippen molar-refractivity contribution in [3.8, 4) is 0 Å². The van der Waals surface area contributed by atoms with Crippen LogP contribution in [0.3, 0.4) is 0 Å². The lowest BCUT2D eigenvalue weighted by Gasteiger charge is -2.20. The molecule has 0 saturated carbocycles. The van der Waals surface area contributed by atoms with Gasteiger partial charge in [-0.3, -0.25) is 9.59 Å². The van der Waals surface area contributed by atoms with Crippen LogP contribution in [0.5, 0.6) is 0 Å². The smallest absolute Gasteiger partial charge is 0.305 e. The second-order valence-corrected chi connectivity index (χ2v) is 21.7. The molecule has 0 rings (SSSR count). The van der Waals surface area contributed by atoms with E-state index in [1.165, 1.54) is 270 Å². The average Bonchev–Trinajstić information content (AvgIpc) is 3.37. The van der Waals surface area contributed by atoms with Gasteiger partial charge in [0.25, 0.3) is 0 Å². The number of carbonyl (C=O) groups is 2. The van der Waals surface area contributed by atoms with E-state index in [0.717, 1.165) is 44.9 Å². The van der Waals surface area contributed by atoms with Crippen molar-refractivity contribution < 1.29 is 24.5 Å². The maximum absolute atomic E-state index is 12.5. The Morgan fingerprint density at radius 3 is 1.01 bits per heavy atom. The molecule has 0 heterocycles. The standard InChI is InChI=1S/C65H123NO5/c1-3-5-7-9-11-13-15-17-34-37-41-45-49-53-57-63(68)62(61-67)66-64(69)58-54-50-46-42-38-35-31-29-27-25-23-21-19-18-20-22-24-26-28-30-32-36-40-44-48-52-56-60-71-65(70)59-55-51-47-43-39-33-16-14-12-10-8-6-4-2/h14,16,18-19,53,57,62-63,67-68H,3-13,15,17,20-52,54-56,58-61H2,1-2H3,(H,66,69)/b16-14-,19-18-,57-53+. The molecule has 6 nitrogen and oxygen atoms in total. The summed E-state index contributed by atoms with van der Waals surface area (Å²) in [6, 6.07) is -0.628. The number of unbranched alkanes of at least 4 members (excludes halogenated alkanes) is 44. The molecule has 0 aliphatic carbocycles. The quantitative estimate of drug-likeness (QED) is 0.0321. The van der Waals surface area contributed by atoms with Crippen LogP contribution in [-0.2, 0) is 14.3 Å². The maximum Gasteiger partial charge on any atom is 0.305 e. The molecule has 0 spiro atoms. The number of ether oxygens (including phenoxy) is 1. The summed E-state index contributed by atoms with van der Waals surface area (Å²) in [5.41, 5.74) is 0. The van der Waals surface area contributed by atoms with E-state index in [9.17, 15) is 19.8 Å². The molecule has 2 atom stereocenters. The zero-order valence-corrected chi connectivity index (χ0v) is 47.7. The number of amides is 1. The van der Waals surface area contributed by atoms with E-state index in [1.807, 2.05) is 6.08 Å². The van der Waals surface area contributed by atoms with E-state index in [-0.39, 0.29) is 18.5 Å². The molecule has 0 fully saturated rings. The summed E-state index contributed by atoms with van der Waals surface area (Å²) >= 11 is 0. The van der Waals surface area contributed by atoms with Crippen LogP contribution >= 0.6 is 0 Å². The summed E-state index contributed by atoms with van der Waals surface area (Å²) in [4.78, 5) is 24.5. The van der Waals surface area contributed by atoms with Crippen LogP contribution in [-0.4, -0.2) is 47.4 Å². The molecule has 0 aliphatic heterocycles. The first-order chi connectivity index (χ1) is 35.0. The largest absolute Gasteiger partial charge is 0.466 e. The van der Waals surface area contributed by atoms with Crippen LogP contribution in [0.15, 0.2) is 36.5 Å². The molecule has 2 unspecified atom stereocenters. The maximum atomic E-state index is 12.5. The van der Waals surface area contributed by atoms with Gasteiger partial charge in [0.2, 0.25) is 5.91 Å². The Morgan fingerprint density at radius 2 is 0.662 bits per heavy atom. The zero-order valence-electron chi connectivity index (χ0n) is 47.7. The van der Waals surface area contributed by atoms with Gasteiger partial charge >= 0.3 is 5.97 Å². The fourth-order valence-corrected chi connectivity index (χ4v) is 9.74. The van der Waals surface area contributed by atoms with Gasteiger partial charge in [0.15, 0.2) is 0 Å². The molecule has 71 heavy (non-hydrogen) atoms. The topological polar surface area (TPSA) is 95.9 Å². The Balaban J connectivity index is 3.40. The van der Waals surface area contributed by atoms with Gasteiger partial charge in [-0.25, -0.2) is 0 Å². The molecule has 6 heteroatoms. The predicted molar refractivity (Wildman–Crippen MR) is 310 cm³/mol. The highest BCUT2D eigenvalue weighted by atomic mass is 16.5. The summed E-state index contributed by atoms with van der Waals surface area (Å²) in [5.74, 6) is -0.0625. The third-order valence-corrected chi connectivity index (χ3v) is 14.6. The number of aliphatic hydroxyl groups excluding tert-OH is 2. The van der Waals surface area contributed by atoms with Crippen LogP contribution < -0.4 is 5.32 Å². The molecule has 1 amide bonds. The number of hydrogen-bond acceptors (Lipinski definition) is 5. The van der Waals surface area contributed by atoms with Crippen LogP contribution in [0.25, 0.3) is 0 Å². The monoisotopic (exact) mass is 998 g/mol. The Hall–Kier alpha value is -1.92. The van der Waals surface area contributed by atoms with Crippen LogP contribution in [0, 0.1) is 0 Å². The highest BCUT2D eigenvalue weighted by Gasteiger charge is 2.18. The minimum atomic E-state index is -0.844. The normalized spacial score (nSPS) is 12.8. The molecule has 0 bridgehead atoms. The number of aliphatic hydroxyl groups is 2. The number of carbonyl (C=O) groups excluding carboxylic acids is 2. The lowest BCUT2D eigenvalue weighted by Crippen LogP contribution is -2.45. The fraction of sp³-hybridized carbons (Fsp3) is 0.877. The molecule has 0 aliphatic rings. The predicted octanol–water partition coefficient (Wildman–Crippen LogP) is 20.0. The van der Waals surface area contributed by atoms with Gasteiger partial charge in [-0.2, -0.15) is 0 Å². The lowest BCUT2D eigenvalue weighted by atomic mass is 10.0. The van der Waals surface area contributed by atoms with E-state index in [2.05, 4.69) is 43.5 Å². The van der Waals surface area contributed by atoms with Gasteiger partial charge in [0.1, 0.15) is 0 Å². The van der Waals surface area contributed by atoms with E-state index < -0.39 is 12.1 Å². The van der Waals surface area contributed by atoms with Crippen molar-refractivity contribution >= 4 is 11.9 Å². The number of hydrogen-bond donors (Lipinski definition) is 3. The highest BCUT2D eigenvalue weighted by Crippen LogP contribution is 2.17. The van der Waals surface area contributed by atoms with E-state index >= 15 is 0 Å². The highest BCUT2D eigenvalue weighted by molar-refractivity contribution is 5.76. The van der Waals surface area contributed by atoms with Gasteiger partial charge < -0.3 is 20.3 Å². The molecule has 0 aromatic carbocycles. The Labute approximate surface area is 443 Å². The summed E-state index contributed by atoms with van der Waals surface area (Å²) < 4.78 is 5.47. The zero-order chi connectivity index (χ0) is 51.4. The van der Waals surface area contributed by atoms with Crippen molar-refractivity contribution in [3.63, 3.8) is 0 Å². The van der Waals surface area contributed by atoms with Crippen molar-refractivity contribution in [1.82, 2.24) is 5.32 Å². The first-order valence-corrected chi connectivity index (χ1v) is 31.8. The fourth-order valence-electron chi connectivity index (χ4n) is 9.74. The van der Waals surface area contributed by atoms with Gasteiger partial charge in [-0.05, 0) is 83.5 Å². The van der Waals surface area contributed by atoms with E-state index in [4.69, 9.17) is 4.74 Å². The molecule has 0 radical (unpaired) electrons. The Kier molecular flexibility index (Phi) is 59.0. The molecule has 0 aromatic rings. The summed E-state index contributed by atoms with van der Waals surface area (Å²) in [6.45, 7) is 4.90. The van der Waals surface area contributed by atoms with Crippen molar-refractivity contribution in [2.75, 3.05) is 13.2 Å². The second-order valence-electron chi connectivity index (χ2n) is 21.7. The summed E-state index contributed by atoms with van der Waals surface area (Å²) in [7, 11) is 0. The van der Waals surface area contributed by atoms with Crippen LogP contribution in [0.1, 0.15) is 341 Å². The lowest BCUT2D eigenvalue weighted by molar-refractivity contribution is -0.143. The van der Waals surface area contributed by atoms with Gasteiger partial charge in [-0.1, -0.05) is 281 Å². The van der Waals surface area contributed by atoms with Crippen molar-refractivity contribution in [2.45, 2.75) is 353 Å². The third-order valence-electron chi connectivity index (χ3n) is 14.6. The van der Waals surface area contributed by atoms with Crippen molar-refractivity contribution in [2.24, 2.45) is 0 Å². The van der Waals surface area contributed by atoms with Gasteiger partial charge in [0, 0.05) is 12.8 Å². The second kappa shape index (κ2) is 60.6. The molecular formula is C65H123NO5. The SMILES string of the molecule is CCCCCC/C=C\CCCCCCCC(=O)OCCCCCCCCCCCCCC/C=C\CCCCCCCCCCCCCC(=O)NC(CO)C(O)/C=C/CCCCCCCCCCCCCC. The van der Waals surface area contributed by atoms with Gasteiger partial charge in [0.05, 0.1) is 25.4 Å². The molecule has 3 N–H and O–H groups in total. The number of allylic oxidation sites excluding steroid dienone is 5. The third kappa shape index (κ3) is 57.2. The number of nitrogens with one attached hydrogen (secondary N) is 1. The minimum Gasteiger partial charge on any atom is -0.466 e. The Bertz CT molecular complexity index is 1150. The van der Waals surface area contributed by atoms with Crippen molar-refractivity contribution in [3.05, 3.63) is 36.5 Å². The van der Waals surface area contributed by atoms with Crippen molar-refractivity contribution in [1.29, 1.82) is 0 Å². The molecule has 0 aromatic heterocycles. The summed E-state index contributed by atoms with van der Waals surface area (Å²) in [5, 5.41) is 23.1. The number of esters is 1. The van der Waals surface area contributed by atoms with Gasteiger partial charge in [-0.15, -0.1) is 0 Å². The molecule has 418 valence electrons. The summed E-state index contributed by atoms with van der Waals surface area (Å²) in [6.07, 6.45) is 76.2. The Morgan fingerprint density at radius 1 is 0.380 bits per heavy atom. The van der Waals surface area contributed by atoms with E-state index in [1.54, 1.807) is 6.08 Å². The minimum absolute atomic E-state index is 0.00539. The first kappa shape index (κ1) is 69.1. The van der Waals surface area contributed by atoms with Crippen LogP contribution in [0.4, 0.5) is 0 Å². The molecule has 0 saturated heterocycles. The number of rotatable bonds is 59. The average molecular weight is 999 g/mol.